The van der Waals surface area contributed by atoms with Gasteiger partial charge < -0.3 is 21.1 Å². The van der Waals surface area contributed by atoms with E-state index in [-0.39, 0.29) is 6.54 Å². The summed E-state index contributed by atoms with van der Waals surface area (Å²) in [7, 11) is 0. The summed E-state index contributed by atoms with van der Waals surface area (Å²) in [5.74, 6) is -1.68. The lowest BCUT2D eigenvalue weighted by Crippen LogP contribution is -2.42. The van der Waals surface area contributed by atoms with Crippen molar-refractivity contribution in [2.45, 2.75) is 13.5 Å². The van der Waals surface area contributed by atoms with Crippen molar-refractivity contribution in [2.75, 3.05) is 13.1 Å². The molecule has 1 aromatic rings. The molecule has 4 N–H and O–H groups in total. The first kappa shape index (κ1) is 15.0. The van der Waals surface area contributed by atoms with Gasteiger partial charge in [-0.05, 0) is 19.1 Å². The molecule has 1 rings (SSSR count). The molecule has 0 saturated heterocycles. The molecule has 0 saturated carbocycles. The highest BCUT2D eigenvalue weighted by molar-refractivity contribution is 7.11. The lowest BCUT2D eigenvalue weighted by Gasteiger charge is -2.06. The van der Waals surface area contributed by atoms with Crippen molar-refractivity contribution in [3.05, 3.63) is 21.9 Å². The summed E-state index contributed by atoms with van der Waals surface area (Å²) in [6.45, 7) is 1.64. The molecule has 1 aromatic heterocycles. The summed E-state index contributed by atoms with van der Waals surface area (Å²) in [5, 5.41) is 15.4. The van der Waals surface area contributed by atoms with E-state index in [0.717, 1.165) is 9.75 Å². The van der Waals surface area contributed by atoms with Gasteiger partial charge in [0.05, 0.1) is 13.1 Å². The van der Waals surface area contributed by atoms with Crippen LogP contribution in [0.25, 0.3) is 0 Å². The summed E-state index contributed by atoms with van der Waals surface area (Å²) < 4.78 is 0. The van der Waals surface area contributed by atoms with E-state index in [2.05, 4.69) is 16.0 Å². The van der Waals surface area contributed by atoms with Gasteiger partial charge in [0.25, 0.3) is 0 Å². The normalized spacial score (nSPS) is 9.74. The molecule has 1 heterocycles. The molecular weight excluding hydrogens is 270 g/mol. The van der Waals surface area contributed by atoms with Crippen LogP contribution in [0, 0.1) is 6.92 Å². The van der Waals surface area contributed by atoms with E-state index in [0.29, 0.717) is 6.54 Å². The van der Waals surface area contributed by atoms with Crippen LogP contribution in [-0.4, -0.2) is 36.1 Å². The first-order chi connectivity index (χ1) is 8.97. The number of carbonyl (C=O) groups excluding carboxylic acids is 2. The number of aryl methyl sites for hydroxylation is 1. The zero-order valence-corrected chi connectivity index (χ0v) is 11.2. The van der Waals surface area contributed by atoms with Crippen LogP contribution in [0.4, 0.5) is 4.79 Å². The van der Waals surface area contributed by atoms with E-state index >= 15 is 0 Å². The fraction of sp³-hybridized carbons (Fsp3) is 0.364. The summed E-state index contributed by atoms with van der Waals surface area (Å²) in [4.78, 5) is 34.8. The molecule has 0 unspecified atom stereocenters. The molecule has 0 aromatic carbocycles. The minimum absolute atomic E-state index is 0.261. The minimum atomic E-state index is -1.13. The van der Waals surface area contributed by atoms with Crippen LogP contribution in [0.3, 0.4) is 0 Å². The van der Waals surface area contributed by atoms with Crippen LogP contribution in [0.15, 0.2) is 12.1 Å². The lowest BCUT2D eigenvalue weighted by molar-refractivity contribution is -0.137. The minimum Gasteiger partial charge on any atom is -0.480 e. The fourth-order valence-electron chi connectivity index (χ4n) is 1.21. The largest absolute Gasteiger partial charge is 0.480 e. The van der Waals surface area contributed by atoms with E-state index in [9.17, 15) is 14.4 Å². The van der Waals surface area contributed by atoms with Gasteiger partial charge in [0, 0.05) is 9.75 Å². The first-order valence-electron chi connectivity index (χ1n) is 5.53. The maximum atomic E-state index is 11.4. The van der Waals surface area contributed by atoms with E-state index in [1.54, 1.807) is 11.3 Å². The van der Waals surface area contributed by atoms with Gasteiger partial charge in [0.1, 0.15) is 6.54 Å². The molecule has 7 nitrogen and oxygen atoms in total. The molecule has 104 valence electrons. The second-order valence-corrected chi connectivity index (χ2v) is 5.09. The first-order valence-corrected chi connectivity index (χ1v) is 6.34. The van der Waals surface area contributed by atoms with Gasteiger partial charge in [-0.25, -0.2) is 4.79 Å². The van der Waals surface area contributed by atoms with Crippen molar-refractivity contribution in [1.29, 1.82) is 0 Å². The van der Waals surface area contributed by atoms with E-state index in [4.69, 9.17) is 5.11 Å². The monoisotopic (exact) mass is 285 g/mol. The number of carbonyl (C=O) groups is 3. The SMILES string of the molecule is Cc1ccc(CNC(=O)NCC(=O)NCC(=O)O)s1. The van der Waals surface area contributed by atoms with E-state index in [1.807, 2.05) is 19.1 Å². The van der Waals surface area contributed by atoms with Gasteiger partial charge in [0.15, 0.2) is 0 Å². The Morgan fingerprint density at radius 2 is 1.89 bits per heavy atom. The molecule has 0 fully saturated rings. The van der Waals surface area contributed by atoms with Crippen LogP contribution in [0.5, 0.6) is 0 Å². The fourth-order valence-corrected chi connectivity index (χ4v) is 2.04. The van der Waals surface area contributed by atoms with Crippen molar-refractivity contribution in [3.8, 4) is 0 Å². The van der Waals surface area contributed by atoms with Crippen molar-refractivity contribution in [3.63, 3.8) is 0 Å². The number of amides is 3. The van der Waals surface area contributed by atoms with Crippen LogP contribution in [-0.2, 0) is 16.1 Å². The third-order valence-corrected chi connectivity index (χ3v) is 3.07. The number of aliphatic carboxylic acids is 1. The molecule has 0 aliphatic carbocycles. The number of thiophene rings is 1. The number of carboxylic acid groups (broad SMARTS) is 1. The molecule has 19 heavy (non-hydrogen) atoms. The van der Waals surface area contributed by atoms with E-state index < -0.39 is 24.5 Å². The molecule has 0 radical (unpaired) electrons. The third kappa shape index (κ3) is 6.41. The van der Waals surface area contributed by atoms with Gasteiger partial charge in [-0.1, -0.05) is 0 Å². The van der Waals surface area contributed by atoms with Crippen molar-refractivity contribution in [1.82, 2.24) is 16.0 Å². The van der Waals surface area contributed by atoms with Gasteiger partial charge in [-0.2, -0.15) is 0 Å². The number of nitrogens with one attached hydrogen (secondary N) is 3. The highest BCUT2D eigenvalue weighted by atomic mass is 32.1. The zero-order chi connectivity index (χ0) is 14.3. The quantitative estimate of drug-likeness (QED) is 0.592. The Labute approximate surface area is 114 Å². The van der Waals surface area contributed by atoms with Gasteiger partial charge in [-0.15, -0.1) is 11.3 Å². The molecule has 8 heteroatoms. The number of rotatable bonds is 6. The van der Waals surface area contributed by atoms with Crippen LogP contribution < -0.4 is 16.0 Å². The van der Waals surface area contributed by atoms with Crippen LogP contribution >= 0.6 is 11.3 Å². The number of hydrogen-bond acceptors (Lipinski definition) is 4. The van der Waals surface area contributed by atoms with Gasteiger partial charge in [-0.3, -0.25) is 9.59 Å². The maximum Gasteiger partial charge on any atom is 0.322 e. The van der Waals surface area contributed by atoms with Crippen LogP contribution in [0.2, 0.25) is 0 Å². The third-order valence-electron chi connectivity index (χ3n) is 2.07. The Morgan fingerprint density at radius 3 is 2.47 bits per heavy atom. The summed E-state index contributed by atoms with van der Waals surface area (Å²) in [6, 6.07) is 3.40. The summed E-state index contributed by atoms with van der Waals surface area (Å²) in [6.07, 6.45) is 0. The highest BCUT2D eigenvalue weighted by Crippen LogP contribution is 2.14. The second kappa shape index (κ2) is 7.37. The number of hydrogen-bond donors (Lipinski definition) is 4. The Morgan fingerprint density at radius 1 is 1.16 bits per heavy atom. The average Bonchev–Trinajstić information content (AvgIpc) is 2.77. The Kier molecular flexibility index (Phi) is 5.80. The Hall–Kier alpha value is -2.09. The summed E-state index contributed by atoms with van der Waals surface area (Å²) in [5.41, 5.74) is 0. The highest BCUT2D eigenvalue weighted by Gasteiger charge is 2.06. The molecule has 0 atom stereocenters. The Balaban J connectivity index is 2.17. The average molecular weight is 285 g/mol. The van der Waals surface area contributed by atoms with E-state index in [1.165, 1.54) is 0 Å². The topological polar surface area (TPSA) is 108 Å². The van der Waals surface area contributed by atoms with Crippen molar-refractivity contribution < 1.29 is 19.5 Å². The Bertz CT molecular complexity index is 472. The van der Waals surface area contributed by atoms with Crippen molar-refractivity contribution in [2.24, 2.45) is 0 Å². The van der Waals surface area contributed by atoms with Crippen molar-refractivity contribution >= 4 is 29.2 Å². The predicted molar refractivity (Wildman–Crippen MR) is 69.9 cm³/mol. The smallest absolute Gasteiger partial charge is 0.322 e. The lowest BCUT2D eigenvalue weighted by atomic mass is 10.4. The molecule has 0 bridgehead atoms. The predicted octanol–water partition coefficient (Wildman–Crippen LogP) is 0.0565. The molecular formula is C11H15N3O4S. The number of urea groups is 1. The number of carboxylic acids is 1. The zero-order valence-electron chi connectivity index (χ0n) is 10.4. The van der Waals surface area contributed by atoms with Gasteiger partial charge in [0.2, 0.25) is 5.91 Å². The molecule has 0 aliphatic rings. The maximum absolute atomic E-state index is 11.4. The standard InChI is InChI=1S/C11H15N3O4S/c1-7-2-3-8(19-7)4-13-11(18)14-5-9(15)12-6-10(16)17/h2-3H,4-6H2,1H3,(H,12,15)(H,16,17)(H2,13,14,18). The molecule has 0 aliphatic heterocycles. The van der Waals surface area contributed by atoms with Gasteiger partial charge >= 0.3 is 12.0 Å². The molecule has 3 amide bonds. The summed E-state index contributed by atoms with van der Waals surface area (Å²) >= 11 is 1.58. The van der Waals surface area contributed by atoms with Crippen LogP contribution in [0.1, 0.15) is 9.75 Å². The second-order valence-electron chi connectivity index (χ2n) is 3.72. The molecule has 0 spiro atoms.